The molecule has 0 saturated carbocycles. The smallest absolute Gasteiger partial charge is 0.275 e. The monoisotopic (exact) mass is 390 g/mol. The average Bonchev–Trinajstić information content (AvgIpc) is 2.56. The van der Waals surface area contributed by atoms with Crippen LogP contribution in [0.2, 0.25) is 0 Å². The van der Waals surface area contributed by atoms with Gasteiger partial charge in [0.05, 0.1) is 25.0 Å². The summed E-state index contributed by atoms with van der Waals surface area (Å²) in [6, 6.07) is 12.6. The maximum atomic E-state index is 12.3. The Balaban J connectivity index is 2.08. The normalized spacial score (nSPS) is 10.9. The molecule has 0 unspecified atom stereocenters. The standard InChI is InChI=1S/C18H19BrN2O3/c1-12(2)24-17-9-6-14(19)10-16(17)18(22)21-20-11-13-4-7-15(23-3)8-5-13/h4-12H,1-3H3,(H,21,22)/b20-11+. The van der Waals surface area contributed by atoms with Gasteiger partial charge in [0.1, 0.15) is 11.5 Å². The lowest BCUT2D eigenvalue weighted by atomic mass is 10.2. The number of hydrazone groups is 1. The van der Waals surface area contributed by atoms with Gasteiger partial charge >= 0.3 is 0 Å². The molecule has 0 spiro atoms. The Morgan fingerprint density at radius 2 is 1.92 bits per heavy atom. The maximum Gasteiger partial charge on any atom is 0.275 e. The van der Waals surface area contributed by atoms with Crippen LogP contribution in [0, 0.1) is 0 Å². The zero-order chi connectivity index (χ0) is 17.5. The van der Waals surface area contributed by atoms with Crippen LogP contribution in [0.3, 0.4) is 0 Å². The third kappa shape index (κ3) is 5.09. The minimum atomic E-state index is -0.336. The van der Waals surface area contributed by atoms with Crippen LogP contribution < -0.4 is 14.9 Å². The number of nitrogens with zero attached hydrogens (tertiary/aromatic N) is 1. The van der Waals surface area contributed by atoms with Crippen LogP contribution in [0.25, 0.3) is 0 Å². The van der Waals surface area contributed by atoms with E-state index in [1.807, 2.05) is 44.2 Å². The van der Waals surface area contributed by atoms with Crippen LogP contribution in [0.1, 0.15) is 29.8 Å². The largest absolute Gasteiger partial charge is 0.497 e. The van der Waals surface area contributed by atoms with Crippen molar-refractivity contribution in [3.05, 3.63) is 58.1 Å². The fraction of sp³-hybridized carbons (Fsp3) is 0.222. The summed E-state index contributed by atoms with van der Waals surface area (Å²) in [5, 5.41) is 3.99. The minimum absolute atomic E-state index is 0.0273. The summed E-state index contributed by atoms with van der Waals surface area (Å²) in [7, 11) is 1.61. The van der Waals surface area contributed by atoms with E-state index in [0.717, 1.165) is 15.8 Å². The molecule has 0 aliphatic carbocycles. The summed E-state index contributed by atoms with van der Waals surface area (Å²) >= 11 is 3.36. The lowest BCUT2D eigenvalue weighted by Crippen LogP contribution is -2.20. The fourth-order valence-electron chi connectivity index (χ4n) is 1.95. The van der Waals surface area contributed by atoms with Crippen molar-refractivity contribution in [3.63, 3.8) is 0 Å². The van der Waals surface area contributed by atoms with E-state index in [1.54, 1.807) is 25.5 Å². The van der Waals surface area contributed by atoms with Crippen molar-refractivity contribution in [1.82, 2.24) is 5.43 Å². The molecule has 0 atom stereocenters. The molecule has 126 valence electrons. The lowest BCUT2D eigenvalue weighted by Gasteiger charge is -2.13. The van der Waals surface area contributed by atoms with Crippen LogP contribution in [0.4, 0.5) is 0 Å². The van der Waals surface area contributed by atoms with Gasteiger partial charge in [-0.3, -0.25) is 4.79 Å². The first-order chi connectivity index (χ1) is 11.5. The Labute approximate surface area is 149 Å². The van der Waals surface area contributed by atoms with Gasteiger partial charge in [0, 0.05) is 4.47 Å². The quantitative estimate of drug-likeness (QED) is 0.598. The van der Waals surface area contributed by atoms with Crippen LogP contribution in [0.5, 0.6) is 11.5 Å². The molecule has 0 aromatic heterocycles. The number of hydrogen-bond acceptors (Lipinski definition) is 4. The molecule has 0 fully saturated rings. The molecule has 24 heavy (non-hydrogen) atoms. The summed E-state index contributed by atoms with van der Waals surface area (Å²) < 4.78 is 11.6. The first-order valence-corrected chi connectivity index (χ1v) is 8.22. The predicted molar refractivity (Wildman–Crippen MR) is 98.0 cm³/mol. The molecule has 1 amide bonds. The molecule has 1 N–H and O–H groups in total. The third-order valence-corrected chi connectivity index (χ3v) is 3.54. The zero-order valence-corrected chi connectivity index (χ0v) is 15.3. The average molecular weight is 391 g/mol. The second-order valence-corrected chi connectivity index (χ2v) is 6.20. The Morgan fingerprint density at radius 1 is 1.21 bits per heavy atom. The number of nitrogens with one attached hydrogen (secondary N) is 1. The van der Waals surface area contributed by atoms with Crippen molar-refractivity contribution in [3.8, 4) is 11.5 Å². The molecule has 0 saturated heterocycles. The molecule has 0 heterocycles. The molecule has 0 aliphatic rings. The molecule has 2 rings (SSSR count). The molecular weight excluding hydrogens is 372 g/mol. The van der Waals surface area contributed by atoms with E-state index < -0.39 is 0 Å². The van der Waals surface area contributed by atoms with E-state index in [0.29, 0.717) is 11.3 Å². The molecule has 2 aromatic rings. The summed E-state index contributed by atoms with van der Waals surface area (Å²) in [6.07, 6.45) is 1.54. The van der Waals surface area contributed by atoms with Crippen LogP contribution in [0.15, 0.2) is 52.0 Å². The Kier molecular flexibility index (Phi) is 6.37. The van der Waals surface area contributed by atoms with E-state index in [9.17, 15) is 4.79 Å². The highest BCUT2D eigenvalue weighted by Gasteiger charge is 2.13. The molecule has 6 heteroatoms. The van der Waals surface area contributed by atoms with Gasteiger partial charge in [0.25, 0.3) is 5.91 Å². The number of halogens is 1. The lowest BCUT2D eigenvalue weighted by molar-refractivity contribution is 0.0949. The summed E-state index contributed by atoms with van der Waals surface area (Å²) in [6.45, 7) is 3.82. The van der Waals surface area contributed by atoms with Crippen LogP contribution >= 0.6 is 15.9 Å². The zero-order valence-electron chi connectivity index (χ0n) is 13.7. The predicted octanol–water partition coefficient (Wildman–Crippen LogP) is 4.01. The summed E-state index contributed by atoms with van der Waals surface area (Å²) in [4.78, 5) is 12.3. The fourth-order valence-corrected chi connectivity index (χ4v) is 2.31. The minimum Gasteiger partial charge on any atom is -0.497 e. The molecular formula is C18H19BrN2O3. The van der Waals surface area contributed by atoms with Crippen LogP contribution in [-0.4, -0.2) is 25.3 Å². The Bertz CT molecular complexity index is 728. The second kappa shape index (κ2) is 8.49. The van der Waals surface area contributed by atoms with Gasteiger partial charge in [-0.25, -0.2) is 5.43 Å². The van der Waals surface area contributed by atoms with Gasteiger partial charge in [-0.15, -0.1) is 0 Å². The number of methoxy groups -OCH3 is 1. The molecule has 0 radical (unpaired) electrons. The first kappa shape index (κ1) is 18.0. The van der Waals surface area contributed by atoms with Gasteiger partial charge in [-0.05, 0) is 61.9 Å². The topological polar surface area (TPSA) is 59.9 Å². The van der Waals surface area contributed by atoms with Gasteiger partial charge < -0.3 is 9.47 Å². The molecule has 0 bridgehead atoms. The molecule has 5 nitrogen and oxygen atoms in total. The van der Waals surface area contributed by atoms with Gasteiger partial charge in [0.15, 0.2) is 0 Å². The highest BCUT2D eigenvalue weighted by atomic mass is 79.9. The summed E-state index contributed by atoms with van der Waals surface area (Å²) in [5.41, 5.74) is 3.79. The van der Waals surface area contributed by atoms with Crippen LogP contribution in [-0.2, 0) is 0 Å². The van der Waals surface area contributed by atoms with Crippen molar-refractivity contribution in [1.29, 1.82) is 0 Å². The van der Waals surface area contributed by atoms with Crippen molar-refractivity contribution in [2.24, 2.45) is 5.10 Å². The van der Waals surface area contributed by atoms with Crippen molar-refractivity contribution >= 4 is 28.1 Å². The van der Waals surface area contributed by atoms with Crippen molar-refractivity contribution in [2.45, 2.75) is 20.0 Å². The Morgan fingerprint density at radius 3 is 2.54 bits per heavy atom. The number of benzene rings is 2. The first-order valence-electron chi connectivity index (χ1n) is 7.43. The number of carbonyl (C=O) groups excluding carboxylic acids is 1. The molecule has 2 aromatic carbocycles. The summed E-state index contributed by atoms with van der Waals surface area (Å²) in [5.74, 6) is 0.947. The van der Waals surface area contributed by atoms with Gasteiger partial charge in [0.2, 0.25) is 0 Å². The van der Waals surface area contributed by atoms with Gasteiger partial charge in [-0.2, -0.15) is 5.10 Å². The highest BCUT2D eigenvalue weighted by molar-refractivity contribution is 9.10. The SMILES string of the molecule is COc1ccc(/C=N/NC(=O)c2cc(Br)ccc2OC(C)C)cc1. The third-order valence-electron chi connectivity index (χ3n) is 3.04. The number of amides is 1. The Hall–Kier alpha value is -2.34. The van der Waals surface area contributed by atoms with E-state index in [2.05, 4.69) is 26.5 Å². The van der Waals surface area contributed by atoms with E-state index >= 15 is 0 Å². The number of ether oxygens (including phenoxy) is 2. The molecule has 0 aliphatic heterocycles. The number of rotatable bonds is 6. The number of hydrogen-bond donors (Lipinski definition) is 1. The van der Waals surface area contributed by atoms with E-state index in [-0.39, 0.29) is 12.0 Å². The maximum absolute atomic E-state index is 12.3. The van der Waals surface area contributed by atoms with Gasteiger partial charge in [-0.1, -0.05) is 15.9 Å². The second-order valence-electron chi connectivity index (χ2n) is 5.28. The highest BCUT2D eigenvalue weighted by Crippen LogP contribution is 2.24. The van der Waals surface area contributed by atoms with Crippen molar-refractivity contribution in [2.75, 3.05) is 7.11 Å². The van der Waals surface area contributed by atoms with E-state index in [4.69, 9.17) is 9.47 Å². The number of carbonyl (C=O) groups is 1. The van der Waals surface area contributed by atoms with E-state index in [1.165, 1.54) is 0 Å². The van der Waals surface area contributed by atoms with Crippen molar-refractivity contribution < 1.29 is 14.3 Å².